The second kappa shape index (κ2) is 8.04. The van der Waals surface area contributed by atoms with Crippen LogP contribution in [0.4, 0.5) is 5.69 Å². The van der Waals surface area contributed by atoms with E-state index in [4.69, 9.17) is 23.2 Å². The zero-order chi connectivity index (χ0) is 15.6. The third-order valence-electron chi connectivity index (χ3n) is 4.73. The molecule has 0 aliphatic carbocycles. The van der Waals surface area contributed by atoms with Crippen LogP contribution in [0.2, 0.25) is 10.0 Å². The number of nitrogens with one attached hydrogen (secondary N) is 2. The molecular formula is C16H22Cl3N3O. The molecule has 128 valence electrons. The Hall–Kier alpha value is -0.520. The lowest BCUT2D eigenvalue weighted by molar-refractivity contribution is -0.116. The van der Waals surface area contributed by atoms with Gasteiger partial charge in [0.2, 0.25) is 5.91 Å². The Labute approximate surface area is 153 Å². The number of hydrogen-bond acceptors (Lipinski definition) is 3. The minimum Gasteiger partial charge on any atom is -0.324 e. The van der Waals surface area contributed by atoms with Gasteiger partial charge in [0.25, 0.3) is 0 Å². The maximum absolute atomic E-state index is 12.1. The second-order valence-electron chi connectivity index (χ2n) is 6.35. The van der Waals surface area contributed by atoms with E-state index in [0.29, 0.717) is 27.6 Å². The summed E-state index contributed by atoms with van der Waals surface area (Å²) >= 11 is 12.1. The average Bonchev–Trinajstić information content (AvgIpc) is 3.11. The summed E-state index contributed by atoms with van der Waals surface area (Å²) in [6.45, 7) is 5.21. The Balaban J connectivity index is 0.00000192. The van der Waals surface area contributed by atoms with Gasteiger partial charge in [-0.2, -0.15) is 0 Å². The van der Waals surface area contributed by atoms with Crippen molar-refractivity contribution in [3.63, 3.8) is 0 Å². The molecule has 0 aromatic heterocycles. The molecule has 1 atom stereocenters. The van der Waals surface area contributed by atoms with Crippen molar-refractivity contribution in [2.24, 2.45) is 5.41 Å². The van der Waals surface area contributed by atoms with Crippen molar-refractivity contribution in [2.45, 2.75) is 19.3 Å². The van der Waals surface area contributed by atoms with E-state index in [1.165, 1.54) is 12.8 Å². The quantitative estimate of drug-likeness (QED) is 0.843. The molecule has 2 aliphatic rings. The second-order valence-corrected chi connectivity index (χ2v) is 7.16. The number of hydrogen-bond donors (Lipinski definition) is 2. The smallest absolute Gasteiger partial charge is 0.225 e. The van der Waals surface area contributed by atoms with Crippen LogP contribution in [0, 0.1) is 5.41 Å². The van der Waals surface area contributed by atoms with Gasteiger partial charge in [-0.15, -0.1) is 12.4 Å². The highest BCUT2D eigenvalue weighted by Crippen LogP contribution is 2.36. The third-order valence-corrected chi connectivity index (χ3v) is 5.36. The molecule has 4 nitrogen and oxygen atoms in total. The van der Waals surface area contributed by atoms with Crippen molar-refractivity contribution in [1.82, 2.24) is 10.2 Å². The Morgan fingerprint density at radius 3 is 2.70 bits per heavy atom. The third kappa shape index (κ3) is 4.52. The lowest BCUT2D eigenvalue weighted by Gasteiger charge is -2.22. The fourth-order valence-electron chi connectivity index (χ4n) is 3.44. The van der Waals surface area contributed by atoms with E-state index in [-0.39, 0.29) is 18.3 Å². The van der Waals surface area contributed by atoms with Crippen LogP contribution in [0.1, 0.15) is 19.3 Å². The molecule has 2 fully saturated rings. The first-order valence-corrected chi connectivity index (χ1v) is 8.51. The van der Waals surface area contributed by atoms with Gasteiger partial charge in [0.05, 0.1) is 15.7 Å². The predicted octanol–water partition coefficient (Wildman–Crippen LogP) is 3.43. The molecule has 1 amide bonds. The van der Waals surface area contributed by atoms with E-state index >= 15 is 0 Å². The summed E-state index contributed by atoms with van der Waals surface area (Å²) in [4.78, 5) is 14.5. The van der Waals surface area contributed by atoms with Gasteiger partial charge in [-0.3, -0.25) is 4.79 Å². The summed E-state index contributed by atoms with van der Waals surface area (Å²) in [7, 11) is 0. The number of amides is 1. The Morgan fingerprint density at radius 2 is 2.04 bits per heavy atom. The van der Waals surface area contributed by atoms with Crippen LogP contribution in [-0.4, -0.2) is 43.5 Å². The zero-order valence-corrected chi connectivity index (χ0v) is 15.2. The van der Waals surface area contributed by atoms with Crippen molar-refractivity contribution in [2.75, 3.05) is 38.0 Å². The normalized spacial score (nSPS) is 23.9. The van der Waals surface area contributed by atoms with Crippen molar-refractivity contribution in [1.29, 1.82) is 0 Å². The first-order chi connectivity index (χ1) is 10.6. The molecule has 0 radical (unpaired) electrons. The maximum Gasteiger partial charge on any atom is 0.225 e. The van der Waals surface area contributed by atoms with Gasteiger partial charge < -0.3 is 15.5 Å². The Bertz CT molecular complexity index is 541. The SMILES string of the molecule is Cl.O=C(CCN1CCC2(CCNC2)C1)Nc1c(Cl)cccc1Cl. The van der Waals surface area contributed by atoms with Crippen LogP contribution < -0.4 is 10.6 Å². The molecule has 0 saturated carbocycles. The van der Waals surface area contributed by atoms with Crippen LogP contribution in [0.3, 0.4) is 0 Å². The first kappa shape index (κ1) is 18.8. The van der Waals surface area contributed by atoms with Gasteiger partial charge >= 0.3 is 0 Å². The zero-order valence-electron chi connectivity index (χ0n) is 12.9. The van der Waals surface area contributed by atoms with E-state index in [2.05, 4.69) is 15.5 Å². The van der Waals surface area contributed by atoms with Crippen molar-refractivity contribution >= 4 is 47.2 Å². The molecule has 2 saturated heterocycles. The summed E-state index contributed by atoms with van der Waals surface area (Å²) in [6, 6.07) is 5.21. The standard InChI is InChI=1S/C16H21Cl2N3O.ClH/c17-12-2-1-3-13(18)15(12)20-14(22)4-8-21-9-6-16(11-21)5-7-19-10-16;/h1-3,19H,4-11H2,(H,20,22);1H. The highest BCUT2D eigenvalue weighted by molar-refractivity contribution is 6.39. The van der Waals surface area contributed by atoms with Gasteiger partial charge in [-0.1, -0.05) is 29.3 Å². The molecule has 3 rings (SSSR count). The van der Waals surface area contributed by atoms with Crippen LogP contribution in [0.25, 0.3) is 0 Å². The van der Waals surface area contributed by atoms with Gasteiger partial charge in [0, 0.05) is 26.1 Å². The number of carbonyl (C=O) groups is 1. The number of para-hydroxylation sites is 1. The Morgan fingerprint density at radius 1 is 1.30 bits per heavy atom. The van der Waals surface area contributed by atoms with Gasteiger partial charge in [0.1, 0.15) is 0 Å². The monoisotopic (exact) mass is 377 g/mol. The van der Waals surface area contributed by atoms with Gasteiger partial charge in [0.15, 0.2) is 0 Å². The van der Waals surface area contributed by atoms with E-state index in [9.17, 15) is 4.79 Å². The molecule has 1 unspecified atom stereocenters. The molecule has 23 heavy (non-hydrogen) atoms. The highest BCUT2D eigenvalue weighted by Gasteiger charge is 2.39. The van der Waals surface area contributed by atoms with Crippen LogP contribution in [-0.2, 0) is 4.79 Å². The van der Waals surface area contributed by atoms with E-state index in [1.54, 1.807) is 18.2 Å². The van der Waals surface area contributed by atoms with E-state index < -0.39 is 0 Å². The molecule has 0 bridgehead atoms. The summed E-state index contributed by atoms with van der Waals surface area (Å²) in [5, 5.41) is 7.21. The number of benzene rings is 1. The fourth-order valence-corrected chi connectivity index (χ4v) is 3.93. The first-order valence-electron chi connectivity index (χ1n) is 7.75. The van der Waals surface area contributed by atoms with E-state index in [0.717, 1.165) is 32.7 Å². The molecular weight excluding hydrogens is 357 g/mol. The maximum atomic E-state index is 12.1. The largest absolute Gasteiger partial charge is 0.324 e. The molecule has 2 heterocycles. The van der Waals surface area contributed by atoms with Crippen LogP contribution >= 0.6 is 35.6 Å². The molecule has 1 spiro atoms. The van der Waals surface area contributed by atoms with Crippen molar-refractivity contribution < 1.29 is 4.79 Å². The predicted molar refractivity (Wildman–Crippen MR) is 97.9 cm³/mol. The lowest BCUT2D eigenvalue weighted by atomic mass is 9.87. The van der Waals surface area contributed by atoms with E-state index in [1.807, 2.05) is 0 Å². The summed E-state index contributed by atoms with van der Waals surface area (Å²) < 4.78 is 0. The number of halogens is 3. The number of anilines is 1. The lowest BCUT2D eigenvalue weighted by Crippen LogP contribution is -2.31. The Kier molecular flexibility index (Phi) is 6.57. The summed E-state index contributed by atoms with van der Waals surface area (Å²) in [6.07, 6.45) is 2.95. The van der Waals surface area contributed by atoms with Crippen molar-refractivity contribution in [3.8, 4) is 0 Å². The molecule has 1 aromatic rings. The summed E-state index contributed by atoms with van der Waals surface area (Å²) in [5.41, 5.74) is 0.955. The number of rotatable bonds is 4. The van der Waals surface area contributed by atoms with Crippen LogP contribution in [0.5, 0.6) is 0 Å². The van der Waals surface area contributed by atoms with Crippen LogP contribution in [0.15, 0.2) is 18.2 Å². The molecule has 7 heteroatoms. The minimum absolute atomic E-state index is 0. The average molecular weight is 379 g/mol. The molecule has 2 aliphatic heterocycles. The number of carbonyl (C=O) groups excluding carboxylic acids is 1. The molecule has 1 aromatic carbocycles. The fraction of sp³-hybridized carbons (Fsp3) is 0.562. The van der Waals surface area contributed by atoms with Gasteiger partial charge in [-0.25, -0.2) is 0 Å². The molecule has 2 N–H and O–H groups in total. The highest BCUT2D eigenvalue weighted by atomic mass is 35.5. The number of likely N-dealkylation sites (tertiary alicyclic amines) is 1. The number of nitrogens with zero attached hydrogens (tertiary/aromatic N) is 1. The van der Waals surface area contributed by atoms with Gasteiger partial charge in [-0.05, 0) is 43.5 Å². The minimum atomic E-state index is -0.0412. The van der Waals surface area contributed by atoms with Crippen molar-refractivity contribution in [3.05, 3.63) is 28.2 Å². The summed E-state index contributed by atoms with van der Waals surface area (Å²) in [5.74, 6) is -0.0412. The topological polar surface area (TPSA) is 44.4 Å².